The van der Waals surface area contributed by atoms with Gasteiger partial charge in [0.1, 0.15) is 0 Å². The van der Waals surface area contributed by atoms with E-state index < -0.39 is 5.97 Å². The van der Waals surface area contributed by atoms with Gasteiger partial charge in [-0.3, -0.25) is 9.36 Å². The number of carboxylic acid groups (broad SMARTS) is 1. The second kappa shape index (κ2) is 6.52. The van der Waals surface area contributed by atoms with Crippen LogP contribution >= 0.6 is 12.2 Å². The molecule has 7 heteroatoms. The van der Waals surface area contributed by atoms with E-state index in [1.165, 1.54) is 22.8 Å². The number of nitrogens with one attached hydrogen (secondary N) is 1. The molecule has 3 aromatic rings. The SMILES string of the molecule is CN(C)c1ccc(Cn2c(=S)[nH]c3cc(C(=O)O)ccc3c2=O)cc1. The van der Waals surface area contributed by atoms with E-state index in [1.54, 1.807) is 0 Å². The number of aromatic nitrogens is 2. The molecule has 1 heterocycles. The van der Waals surface area contributed by atoms with Crippen LogP contribution in [0.1, 0.15) is 15.9 Å². The van der Waals surface area contributed by atoms with Crippen molar-refractivity contribution < 1.29 is 9.90 Å². The molecular formula is C18H17N3O3S. The third-order valence-corrected chi connectivity index (χ3v) is 4.34. The lowest BCUT2D eigenvalue weighted by Gasteiger charge is -2.13. The summed E-state index contributed by atoms with van der Waals surface area (Å²) in [7, 11) is 3.93. The van der Waals surface area contributed by atoms with Gasteiger partial charge in [-0.15, -0.1) is 0 Å². The van der Waals surface area contributed by atoms with E-state index in [9.17, 15) is 9.59 Å². The first-order chi connectivity index (χ1) is 11.9. The maximum absolute atomic E-state index is 12.7. The number of hydrogen-bond donors (Lipinski definition) is 2. The van der Waals surface area contributed by atoms with Crippen molar-refractivity contribution in [2.45, 2.75) is 6.54 Å². The van der Waals surface area contributed by atoms with E-state index in [1.807, 2.05) is 43.3 Å². The van der Waals surface area contributed by atoms with Crippen molar-refractivity contribution in [2.24, 2.45) is 0 Å². The zero-order valence-corrected chi connectivity index (χ0v) is 14.6. The van der Waals surface area contributed by atoms with Gasteiger partial charge in [0.05, 0.1) is 23.0 Å². The number of aromatic amines is 1. The zero-order valence-electron chi connectivity index (χ0n) is 13.8. The lowest BCUT2D eigenvalue weighted by Crippen LogP contribution is -2.23. The number of aromatic carboxylic acids is 1. The van der Waals surface area contributed by atoms with Gasteiger partial charge >= 0.3 is 5.97 Å². The van der Waals surface area contributed by atoms with Crippen molar-refractivity contribution in [2.75, 3.05) is 19.0 Å². The minimum absolute atomic E-state index is 0.106. The van der Waals surface area contributed by atoms with Gasteiger partial charge in [0.25, 0.3) is 5.56 Å². The summed E-state index contributed by atoms with van der Waals surface area (Å²) >= 11 is 5.29. The molecule has 128 valence electrons. The van der Waals surface area contributed by atoms with Gasteiger partial charge in [0.2, 0.25) is 0 Å². The maximum Gasteiger partial charge on any atom is 0.335 e. The van der Waals surface area contributed by atoms with E-state index in [2.05, 4.69) is 4.98 Å². The van der Waals surface area contributed by atoms with Gasteiger partial charge < -0.3 is 15.0 Å². The van der Waals surface area contributed by atoms with Crippen molar-refractivity contribution >= 4 is 34.8 Å². The number of benzene rings is 2. The molecule has 2 aromatic carbocycles. The highest BCUT2D eigenvalue weighted by Gasteiger charge is 2.10. The molecule has 1 aromatic heterocycles. The summed E-state index contributed by atoms with van der Waals surface area (Å²) in [4.78, 5) is 28.8. The largest absolute Gasteiger partial charge is 0.478 e. The summed E-state index contributed by atoms with van der Waals surface area (Å²) in [6.07, 6.45) is 0. The lowest BCUT2D eigenvalue weighted by molar-refractivity contribution is 0.0697. The van der Waals surface area contributed by atoms with Crippen LogP contribution in [0.15, 0.2) is 47.3 Å². The van der Waals surface area contributed by atoms with Gasteiger partial charge in [-0.1, -0.05) is 12.1 Å². The first-order valence-corrected chi connectivity index (χ1v) is 8.04. The molecule has 25 heavy (non-hydrogen) atoms. The Hall–Kier alpha value is -2.93. The monoisotopic (exact) mass is 355 g/mol. The van der Waals surface area contributed by atoms with E-state index in [0.717, 1.165) is 11.3 Å². The Balaban J connectivity index is 2.04. The summed E-state index contributed by atoms with van der Waals surface area (Å²) < 4.78 is 1.74. The second-order valence-electron chi connectivity index (χ2n) is 5.95. The van der Waals surface area contributed by atoms with Crippen molar-refractivity contribution in [3.8, 4) is 0 Å². The number of H-pyrrole nitrogens is 1. The van der Waals surface area contributed by atoms with Crippen LogP contribution in [-0.4, -0.2) is 34.7 Å². The first kappa shape index (κ1) is 16.9. The van der Waals surface area contributed by atoms with Gasteiger partial charge in [0.15, 0.2) is 4.77 Å². The minimum atomic E-state index is -1.05. The lowest BCUT2D eigenvalue weighted by atomic mass is 10.1. The molecule has 0 fully saturated rings. The molecule has 0 bridgehead atoms. The number of rotatable bonds is 4. The predicted octanol–water partition coefficient (Wildman–Crippen LogP) is 2.87. The van der Waals surface area contributed by atoms with E-state index in [4.69, 9.17) is 17.3 Å². The summed E-state index contributed by atoms with van der Waals surface area (Å²) in [5, 5.41) is 9.47. The van der Waals surface area contributed by atoms with E-state index in [-0.39, 0.29) is 15.9 Å². The molecule has 3 rings (SSSR count). The van der Waals surface area contributed by atoms with Crippen LogP contribution in [0.3, 0.4) is 0 Å². The van der Waals surface area contributed by atoms with Gasteiger partial charge in [0, 0.05) is 19.8 Å². The van der Waals surface area contributed by atoms with Crippen molar-refractivity contribution in [1.29, 1.82) is 0 Å². The van der Waals surface area contributed by atoms with Crippen LogP contribution in [0.25, 0.3) is 10.9 Å². The molecular weight excluding hydrogens is 338 g/mol. The van der Waals surface area contributed by atoms with Crippen molar-refractivity contribution in [3.63, 3.8) is 0 Å². The molecule has 0 aliphatic heterocycles. The summed E-state index contributed by atoms with van der Waals surface area (Å²) in [5.74, 6) is -1.05. The number of nitrogens with zero attached hydrogens (tertiary/aromatic N) is 2. The number of carboxylic acids is 1. The van der Waals surface area contributed by atoms with Crippen molar-refractivity contribution in [3.05, 3.63) is 68.7 Å². The van der Waals surface area contributed by atoms with Crippen LogP contribution in [0, 0.1) is 4.77 Å². The molecule has 0 spiro atoms. The van der Waals surface area contributed by atoms with Crippen LogP contribution < -0.4 is 10.5 Å². The van der Waals surface area contributed by atoms with E-state index >= 15 is 0 Å². The summed E-state index contributed by atoms with van der Waals surface area (Å²) in [6.45, 7) is 0.346. The molecule has 0 saturated heterocycles. The topological polar surface area (TPSA) is 78.3 Å². The fourth-order valence-corrected chi connectivity index (χ4v) is 2.87. The third kappa shape index (κ3) is 3.32. The maximum atomic E-state index is 12.7. The third-order valence-electron chi connectivity index (χ3n) is 4.02. The van der Waals surface area contributed by atoms with E-state index in [0.29, 0.717) is 17.4 Å². The number of hydrogen-bond acceptors (Lipinski definition) is 4. The number of fused-ring (bicyclic) bond motifs is 1. The Morgan fingerprint density at radius 1 is 1.20 bits per heavy atom. The Kier molecular flexibility index (Phi) is 4.41. The molecule has 0 aliphatic carbocycles. The highest BCUT2D eigenvalue weighted by atomic mass is 32.1. The highest BCUT2D eigenvalue weighted by Crippen LogP contribution is 2.14. The van der Waals surface area contributed by atoms with Gasteiger partial charge in [-0.25, -0.2) is 4.79 Å². The zero-order chi connectivity index (χ0) is 18.1. The smallest absolute Gasteiger partial charge is 0.335 e. The second-order valence-corrected chi connectivity index (χ2v) is 6.33. The molecule has 0 aliphatic rings. The molecule has 2 N–H and O–H groups in total. The summed E-state index contributed by atoms with van der Waals surface area (Å²) in [6, 6.07) is 12.2. The molecule has 0 unspecified atom stereocenters. The standard InChI is InChI=1S/C18H17N3O3S/c1-20(2)13-6-3-11(4-7-13)10-21-16(22)14-8-5-12(17(23)24)9-15(14)19-18(21)25/h3-9H,10H2,1-2H3,(H,19,25)(H,23,24). The van der Waals surface area contributed by atoms with Crippen molar-refractivity contribution in [1.82, 2.24) is 9.55 Å². The Bertz CT molecular complexity index is 1070. The number of carbonyl (C=O) groups is 1. The normalized spacial score (nSPS) is 10.8. The fourth-order valence-electron chi connectivity index (χ4n) is 2.61. The fraction of sp³-hybridized carbons (Fsp3) is 0.167. The molecule has 0 saturated carbocycles. The van der Waals surface area contributed by atoms with Gasteiger partial charge in [-0.2, -0.15) is 0 Å². The predicted molar refractivity (Wildman–Crippen MR) is 100 cm³/mol. The van der Waals surface area contributed by atoms with Gasteiger partial charge in [-0.05, 0) is 48.1 Å². The number of anilines is 1. The van der Waals surface area contributed by atoms with Crippen LogP contribution in [0.2, 0.25) is 0 Å². The average molecular weight is 355 g/mol. The Morgan fingerprint density at radius 2 is 1.88 bits per heavy atom. The molecule has 0 radical (unpaired) electrons. The first-order valence-electron chi connectivity index (χ1n) is 7.63. The Labute approximate surface area is 149 Å². The average Bonchev–Trinajstić information content (AvgIpc) is 2.58. The summed E-state index contributed by atoms with van der Waals surface area (Å²) in [5.41, 5.74) is 2.31. The molecule has 0 atom stereocenters. The highest BCUT2D eigenvalue weighted by molar-refractivity contribution is 7.71. The van der Waals surface area contributed by atoms with Crippen LogP contribution in [-0.2, 0) is 6.54 Å². The molecule has 0 amide bonds. The van der Waals surface area contributed by atoms with Crippen LogP contribution in [0.5, 0.6) is 0 Å². The minimum Gasteiger partial charge on any atom is -0.478 e. The van der Waals surface area contributed by atoms with Crippen LogP contribution in [0.4, 0.5) is 5.69 Å². The Morgan fingerprint density at radius 3 is 2.48 bits per heavy atom. The molecule has 6 nitrogen and oxygen atoms in total. The quantitative estimate of drug-likeness (QED) is 0.704.